The van der Waals surface area contributed by atoms with E-state index in [9.17, 15) is 0 Å². The summed E-state index contributed by atoms with van der Waals surface area (Å²) in [5.74, 6) is 0. The molecule has 0 atom stereocenters. The first-order valence-electron chi connectivity index (χ1n) is 3.65. The Morgan fingerprint density at radius 2 is 1.10 bits per heavy atom. The summed E-state index contributed by atoms with van der Waals surface area (Å²) in [5, 5.41) is 0. The molecule has 0 aliphatic heterocycles. The van der Waals surface area contributed by atoms with Gasteiger partial charge >= 0.3 is 0 Å². The number of hydrogen-bond donors (Lipinski definition) is 2. The Kier molecular flexibility index (Phi) is 8.70. The second-order valence-electron chi connectivity index (χ2n) is 1.93. The lowest BCUT2D eigenvalue weighted by atomic mass is 10.7. The fraction of sp³-hybridized carbons (Fsp3) is 1.00. The topological polar surface area (TPSA) is 73.7 Å². The van der Waals surface area contributed by atoms with Crippen LogP contribution in [0.2, 0.25) is 0 Å². The molecule has 10 heavy (non-hydrogen) atoms. The Balaban J connectivity index is 2.65. The fourth-order valence-corrected chi connectivity index (χ4v) is 0.526. The average molecular weight is 150 g/mol. The molecule has 0 bridgehead atoms. The lowest BCUT2D eigenvalue weighted by Gasteiger charge is -2.00. The maximum absolute atomic E-state index is 5.12. The Morgan fingerprint density at radius 1 is 0.700 bits per heavy atom. The van der Waals surface area contributed by atoms with Crippen LogP contribution in [0.5, 0.6) is 0 Å². The highest BCUT2D eigenvalue weighted by Crippen LogP contribution is 1.74. The van der Waals surface area contributed by atoms with Crippen molar-refractivity contribution in [3.63, 3.8) is 0 Å². The lowest BCUT2D eigenvalue weighted by Crippen LogP contribution is -2.52. The van der Waals surface area contributed by atoms with Crippen molar-refractivity contribution in [2.45, 2.75) is 0 Å². The summed E-state index contributed by atoms with van der Waals surface area (Å²) in [6.07, 6.45) is 0. The molecule has 0 aliphatic carbocycles. The van der Waals surface area contributed by atoms with Crippen LogP contribution in [-0.4, -0.2) is 39.5 Å². The number of ether oxygens (including phenoxy) is 2. The average Bonchev–Trinajstić information content (AvgIpc) is 1.97. The van der Waals surface area contributed by atoms with Gasteiger partial charge in [-0.1, -0.05) is 0 Å². The first kappa shape index (κ1) is 9.84. The zero-order valence-electron chi connectivity index (χ0n) is 6.47. The van der Waals surface area contributed by atoms with Crippen molar-refractivity contribution in [1.29, 1.82) is 0 Å². The molecule has 0 saturated carbocycles. The Hall–Kier alpha value is -0.160. The zero-order chi connectivity index (χ0) is 7.66. The van der Waals surface area contributed by atoms with Crippen molar-refractivity contribution in [3.8, 4) is 0 Å². The highest BCUT2D eigenvalue weighted by Gasteiger charge is 1.87. The number of hydrogen-bond acceptors (Lipinski definition) is 2. The van der Waals surface area contributed by atoms with E-state index < -0.39 is 0 Å². The highest BCUT2D eigenvalue weighted by atomic mass is 16.5. The summed E-state index contributed by atoms with van der Waals surface area (Å²) in [4.78, 5) is 0. The van der Waals surface area contributed by atoms with Crippen molar-refractivity contribution in [2.24, 2.45) is 0 Å². The molecule has 0 aliphatic rings. The van der Waals surface area contributed by atoms with E-state index in [1.165, 1.54) is 0 Å². The van der Waals surface area contributed by atoms with Crippen molar-refractivity contribution < 1.29 is 20.9 Å². The van der Waals surface area contributed by atoms with Crippen LogP contribution in [0.4, 0.5) is 0 Å². The van der Waals surface area contributed by atoms with Crippen molar-refractivity contribution in [3.05, 3.63) is 0 Å². The second-order valence-corrected chi connectivity index (χ2v) is 1.93. The van der Waals surface area contributed by atoms with Gasteiger partial charge in [0.15, 0.2) is 0 Å². The van der Waals surface area contributed by atoms with Crippen LogP contribution in [0.3, 0.4) is 0 Å². The molecule has 4 nitrogen and oxygen atoms in total. The molecular formula is C6H18N2O2+2. The molecular weight excluding hydrogens is 132 g/mol. The summed E-state index contributed by atoms with van der Waals surface area (Å²) >= 11 is 0. The highest BCUT2D eigenvalue weighted by molar-refractivity contribution is 4.29. The molecule has 0 aromatic heterocycles. The molecule has 0 rings (SSSR count). The second kappa shape index (κ2) is 8.84. The maximum atomic E-state index is 5.12. The van der Waals surface area contributed by atoms with Gasteiger partial charge in [0.1, 0.15) is 0 Å². The third-order valence-electron chi connectivity index (χ3n) is 0.949. The van der Waals surface area contributed by atoms with E-state index >= 15 is 0 Å². The summed E-state index contributed by atoms with van der Waals surface area (Å²) in [6.45, 7) is 4.47. The van der Waals surface area contributed by atoms with Crippen LogP contribution in [0.15, 0.2) is 0 Å². The van der Waals surface area contributed by atoms with E-state index in [1.807, 2.05) is 0 Å². The predicted molar refractivity (Wildman–Crippen MR) is 37.1 cm³/mol. The smallest absolute Gasteiger partial charge is 0.0977 e. The van der Waals surface area contributed by atoms with E-state index in [-0.39, 0.29) is 0 Å². The third-order valence-corrected chi connectivity index (χ3v) is 0.949. The van der Waals surface area contributed by atoms with Gasteiger partial charge in [-0.25, -0.2) is 0 Å². The number of rotatable bonds is 7. The Morgan fingerprint density at radius 3 is 1.40 bits per heavy atom. The SMILES string of the molecule is [NH3+]CCOCCOCC[NH3+]. The van der Waals surface area contributed by atoms with Gasteiger partial charge in [0.25, 0.3) is 0 Å². The predicted octanol–water partition coefficient (Wildman–Crippen LogP) is -2.50. The van der Waals surface area contributed by atoms with Gasteiger partial charge in [0.2, 0.25) is 0 Å². The van der Waals surface area contributed by atoms with Crippen LogP contribution in [0.25, 0.3) is 0 Å². The summed E-state index contributed by atoms with van der Waals surface area (Å²) in [5.41, 5.74) is 7.29. The molecule has 0 aromatic carbocycles. The summed E-state index contributed by atoms with van der Waals surface area (Å²) in [7, 11) is 0. The van der Waals surface area contributed by atoms with Crippen LogP contribution >= 0.6 is 0 Å². The molecule has 0 fully saturated rings. The normalized spacial score (nSPS) is 10.2. The van der Waals surface area contributed by atoms with Gasteiger partial charge in [-0.3, -0.25) is 0 Å². The molecule has 0 spiro atoms. The van der Waals surface area contributed by atoms with Gasteiger partial charge in [-0.15, -0.1) is 0 Å². The van der Waals surface area contributed by atoms with Gasteiger partial charge in [0, 0.05) is 0 Å². The maximum Gasteiger partial charge on any atom is 0.0977 e. The molecule has 0 amide bonds. The largest absolute Gasteiger partial charge is 0.373 e. The minimum Gasteiger partial charge on any atom is -0.373 e. The van der Waals surface area contributed by atoms with Gasteiger partial charge in [0.05, 0.1) is 39.5 Å². The third kappa shape index (κ3) is 7.84. The van der Waals surface area contributed by atoms with Crippen molar-refractivity contribution in [1.82, 2.24) is 0 Å². The zero-order valence-corrected chi connectivity index (χ0v) is 6.47. The summed E-state index contributed by atoms with van der Waals surface area (Å²) < 4.78 is 10.2. The van der Waals surface area contributed by atoms with Crippen LogP contribution in [0, 0.1) is 0 Å². The van der Waals surface area contributed by atoms with E-state index in [0.717, 1.165) is 26.3 Å². The molecule has 0 aromatic rings. The fourth-order valence-electron chi connectivity index (χ4n) is 0.526. The van der Waals surface area contributed by atoms with E-state index in [4.69, 9.17) is 9.47 Å². The van der Waals surface area contributed by atoms with Crippen LogP contribution in [0.1, 0.15) is 0 Å². The van der Waals surface area contributed by atoms with Crippen molar-refractivity contribution in [2.75, 3.05) is 39.5 Å². The first-order valence-corrected chi connectivity index (χ1v) is 3.65. The lowest BCUT2D eigenvalue weighted by molar-refractivity contribution is -0.376. The van der Waals surface area contributed by atoms with E-state index in [1.54, 1.807) is 0 Å². The van der Waals surface area contributed by atoms with Crippen LogP contribution < -0.4 is 11.5 Å². The molecule has 6 N–H and O–H groups in total. The van der Waals surface area contributed by atoms with Crippen molar-refractivity contribution >= 4 is 0 Å². The van der Waals surface area contributed by atoms with Gasteiger partial charge in [-0.2, -0.15) is 0 Å². The van der Waals surface area contributed by atoms with E-state index in [0.29, 0.717) is 13.2 Å². The number of quaternary nitrogens is 2. The monoisotopic (exact) mass is 150 g/mol. The Labute approximate surface area is 61.5 Å². The molecule has 0 saturated heterocycles. The molecule has 0 heterocycles. The minimum atomic E-state index is 0.676. The molecule has 0 radical (unpaired) electrons. The molecule has 0 unspecified atom stereocenters. The quantitative estimate of drug-likeness (QED) is 0.394. The summed E-state index contributed by atoms with van der Waals surface area (Å²) in [6, 6.07) is 0. The van der Waals surface area contributed by atoms with Crippen LogP contribution in [-0.2, 0) is 9.47 Å². The van der Waals surface area contributed by atoms with E-state index in [2.05, 4.69) is 11.5 Å². The standard InChI is InChI=1S/C6H16N2O2/c7-1-3-9-5-6-10-4-2-8/h1-8H2/p+2. The van der Waals surface area contributed by atoms with Gasteiger partial charge < -0.3 is 20.9 Å². The minimum absolute atomic E-state index is 0.676. The molecule has 62 valence electrons. The Bertz CT molecular complexity index is 53.7. The van der Waals surface area contributed by atoms with Gasteiger partial charge in [-0.05, 0) is 0 Å². The first-order chi connectivity index (χ1) is 4.91. The molecule has 4 heteroatoms.